The first-order chi connectivity index (χ1) is 7.49. The maximum Gasteiger partial charge on any atom is 0.0790 e. The number of hydrogen-bond acceptors (Lipinski definition) is 1. The van der Waals surface area contributed by atoms with Gasteiger partial charge in [0.2, 0.25) is 0 Å². The molecule has 1 aromatic carbocycles. The molecule has 0 bridgehead atoms. The molecule has 1 atom stereocenters. The van der Waals surface area contributed by atoms with E-state index in [2.05, 4.69) is 45.7 Å². The Hall–Kier alpha value is 0.140. The van der Waals surface area contributed by atoms with Gasteiger partial charge < -0.3 is 5.11 Å². The third-order valence-corrected chi connectivity index (χ3v) is 3.44. The molecule has 1 unspecified atom stereocenters. The first-order valence-corrected chi connectivity index (χ1v) is 7.21. The quantitative estimate of drug-likeness (QED) is 0.786. The monoisotopic (exact) mass is 348 g/mol. The lowest BCUT2D eigenvalue weighted by Crippen LogP contribution is -1.99. The van der Waals surface area contributed by atoms with E-state index in [1.165, 1.54) is 6.42 Å². The Morgan fingerprint density at radius 3 is 2.12 bits per heavy atom. The Balaban J connectivity index is 2.55. The van der Waals surface area contributed by atoms with E-state index >= 15 is 0 Å². The summed E-state index contributed by atoms with van der Waals surface area (Å²) in [4.78, 5) is 0. The second-order valence-corrected chi connectivity index (χ2v) is 6.37. The van der Waals surface area contributed by atoms with E-state index in [9.17, 15) is 5.11 Å². The Morgan fingerprint density at radius 1 is 1.06 bits per heavy atom. The smallest absolute Gasteiger partial charge is 0.0790 e. The fourth-order valence-electron chi connectivity index (χ4n) is 1.65. The fourth-order valence-corrected chi connectivity index (χ4v) is 2.98. The predicted octanol–water partition coefficient (Wildman–Crippen LogP) is 5.07. The Kier molecular flexibility index (Phi) is 6.01. The van der Waals surface area contributed by atoms with Gasteiger partial charge in [0.15, 0.2) is 0 Å². The Bertz CT molecular complexity index is 316. The van der Waals surface area contributed by atoms with E-state index in [-0.39, 0.29) is 6.10 Å². The summed E-state index contributed by atoms with van der Waals surface area (Å²) in [5, 5.41) is 10.0. The molecule has 0 aromatic heterocycles. The minimum atomic E-state index is -0.354. The summed E-state index contributed by atoms with van der Waals surface area (Å²) in [5.41, 5.74) is 0.977. The van der Waals surface area contributed by atoms with E-state index in [0.29, 0.717) is 5.92 Å². The molecule has 1 rings (SSSR count). The molecule has 0 amide bonds. The molecular formula is C13H18Br2O. The van der Waals surface area contributed by atoms with Gasteiger partial charge in [-0.3, -0.25) is 0 Å². The van der Waals surface area contributed by atoms with Crippen LogP contribution in [-0.4, -0.2) is 5.11 Å². The molecule has 0 aliphatic rings. The zero-order valence-electron chi connectivity index (χ0n) is 9.71. The molecule has 90 valence electrons. The van der Waals surface area contributed by atoms with Crippen molar-refractivity contribution < 1.29 is 5.11 Å². The average Bonchev–Trinajstić information content (AvgIpc) is 2.15. The van der Waals surface area contributed by atoms with E-state index in [1.54, 1.807) is 0 Å². The van der Waals surface area contributed by atoms with Gasteiger partial charge in [-0.25, -0.2) is 0 Å². The fraction of sp³-hybridized carbons (Fsp3) is 0.538. The molecule has 1 N–H and O–H groups in total. The molecule has 0 spiro atoms. The van der Waals surface area contributed by atoms with Gasteiger partial charge in [0.1, 0.15) is 0 Å². The van der Waals surface area contributed by atoms with Crippen molar-refractivity contribution in [2.24, 2.45) is 5.92 Å². The number of hydrogen-bond donors (Lipinski definition) is 1. The first-order valence-electron chi connectivity index (χ1n) is 5.63. The highest BCUT2D eigenvalue weighted by atomic mass is 79.9. The minimum absolute atomic E-state index is 0.354. The molecule has 0 fully saturated rings. The lowest BCUT2D eigenvalue weighted by Gasteiger charge is -2.12. The second kappa shape index (κ2) is 6.77. The number of benzene rings is 1. The number of aliphatic hydroxyl groups is 1. The molecular weight excluding hydrogens is 332 g/mol. The lowest BCUT2D eigenvalue weighted by molar-refractivity contribution is 0.162. The van der Waals surface area contributed by atoms with Crippen molar-refractivity contribution in [2.45, 2.75) is 39.2 Å². The number of halogens is 2. The Morgan fingerprint density at radius 2 is 1.62 bits per heavy atom. The van der Waals surface area contributed by atoms with Crippen LogP contribution in [0.4, 0.5) is 0 Å². The summed E-state index contributed by atoms with van der Waals surface area (Å²) >= 11 is 6.86. The van der Waals surface area contributed by atoms with Crippen LogP contribution in [0.15, 0.2) is 27.1 Å². The maximum absolute atomic E-state index is 10.0. The molecule has 0 heterocycles. The number of rotatable bonds is 5. The molecule has 0 radical (unpaired) electrons. The van der Waals surface area contributed by atoms with Crippen LogP contribution < -0.4 is 0 Å². The van der Waals surface area contributed by atoms with Crippen LogP contribution in [0.1, 0.15) is 44.8 Å². The third-order valence-electron chi connectivity index (χ3n) is 2.53. The van der Waals surface area contributed by atoms with Crippen molar-refractivity contribution >= 4 is 31.9 Å². The summed E-state index contributed by atoms with van der Waals surface area (Å²) in [7, 11) is 0. The molecule has 0 aliphatic carbocycles. The van der Waals surface area contributed by atoms with Crippen LogP contribution in [0.3, 0.4) is 0 Å². The SMILES string of the molecule is CC(C)CCCC(O)c1cc(Br)cc(Br)c1. The van der Waals surface area contributed by atoms with Gasteiger partial charge in [-0.05, 0) is 36.1 Å². The normalized spacial score (nSPS) is 13.1. The van der Waals surface area contributed by atoms with Crippen LogP contribution in [-0.2, 0) is 0 Å². The van der Waals surface area contributed by atoms with Gasteiger partial charge in [-0.15, -0.1) is 0 Å². The maximum atomic E-state index is 10.0. The van der Waals surface area contributed by atoms with Gasteiger partial charge in [-0.2, -0.15) is 0 Å². The van der Waals surface area contributed by atoms with Crippen molar-refractivity contribution in [1.29, 1.82) is 0 Å². The summed E-state index contributed by atoms with van der Waals surface area (Å²) < 4.78 is 2.00. The molecule has 1 nitrogen and oxygen atoms in total. The standard InChI is InChI=1S/C13H18Br2O/c1-9(2)4-3-5-13(16)10-6-11(14)8-12(15)7-10/h6-9,13,16H,3-5H2,1-2H3. The van der Waals surface area contributed by atoms with Gasteiger partial charge in [0, 0.05) is 8.95 Å². The highest BCUT2D eigenvalue weighted by Gasteiger charge is 2.09. The van der Waals surface area contributed by atoms with E-state index < -0.39 is 0 Å². The van der Waals surface area contributed by atoms with Crippen molar-refractivity contribution in [3.8, 4) is 0 Å². The minimum Gasteiger partial charge on any atom is -0.388 e. The van der Waals surface area contributed by atoms with Crippen molar-refractivity contribution in [3.63, 3.8) is 0 Å². The summed E-state index contributed by atoms with van der Waals surface area (Å²) in [5.74, 6) is 0.710. The number of aliphatic hydroxyl groups excluding tert-OH is 1. The average molecular weight is 350 g/mol. The molecule has 16 heavy (non-hydrogen) atoms. The van der Waals surface area contributed by atoms with Crippen LogP contribution >= 0.6 is 31.9 Å². The molecule has 3 heteroatoms. The lowest BCUT2D eigenvalue weighted by atomic mass is 10.0. The summed E-state index contributed by atoms with van der Waals surface area (Å²) in [6.45, 7) is 4.42. The van der Waals surface area contributed by atoms with Crippen LogP contribution in [0.2, 0.25) is 0 Å². The highest BCUT2D eigenvalue weighted by molar-refractivity contribution is 9.11. The topological polar surface area (TPSA) is 20.2 Å². The summed E-state index contributed by atoms with van der Waals surface area (Å²) in [6.07, 6.45) is 2.73. The van der Waals surface area contributed by atoms with Gasteiger partial charge >= 0.3 is 0 Å². The molecule has 0 saturated heterocycles. The summed E-state index contributed by atoms with van der Waals surface area (Å²) in [6, 6.07) is 5.93. The largest absolute Gasteiger partial charge is 0.388 e. The molecule has 1 aromatic rings. The van der Waals surface area contributed by atoms with Crippen LogP contribution in [0.5, 0.6) is 0 Å². The molecule has 0 saturated carbocycles. The van der Waals surface area contributed by atoms with E-state index in [0.717, 1.165) is 27.4 Å². The van der Waals surface area contributed by atoms with E-state index in [1.807, 2.05) is 18.2 Å². The Labute approximate surface area is 115 Å². The van der Waals surface area contributed by atoms with Crippen LogP contribution in [0.25, 0.3) is 0 Å². The van der Waals surface area contributed by atoms with Gasteiger partial charge in [0.25, 0.3) is 0 Å². The first kappa shape index (κ1) is 14.2. The third kappa shape index (κ3) is 4.98. The highest BCUT2D eigenvalue weighted by Crippen LogP contribution is 2.27. The molecule has 0 aliphatic heterocycles. The van der Waals surface area contributed by atoms with E-state index in [4.69, 9.17) is 0 Å². The van der Waals surface area contributed by atoms with Crippen molar-refractivity contribution in [3.05, 3.63) is 32.7 Å². The van der Waals surface area contributed by atoms with Crippen LogP contribution in [0, 0.1) is 5.92 Å². The van der Waals surface area contributed by atoms with Crippen molar-refractivity contribution in [2.75, 3.05) is 0 Å². The van der Waals surface area contributed by atoms with Crippen molar-refractivity contribution in [1.82, 2.24) is 0 Å². The zero-order valence-corrected chi connectivity index (χ0v) is 12.9. The second-order valence-electron chi connectivity index (χ2n) is 4.54. The van der Waals surface area contributed by atoms with Gasteiger partial charge in [-0.1, -0.05) is 58.5 Å². The zero-order chi connectivity index (χ0) is 12.1. The predicted molar refractivity (Wildman–Crippen MR) is 75.5 cm³/mol. The van der Waals surface area contributed by atoms with Gasteiger partial charge in [0.05, 0.1) is 6.10 Å².